The summed E-state index contributed by atoms with van der Waals surface area (Å²) < 4.78 is 5.73. The fourth-order valence-electron chi connectivity index (χ4n) is 2.81. The van der Waals surface area contributed by atoms with Gasteiger partial charge in [0.15, 0.2) is 0 Å². The van der Waals surface area contributed by atoms with Gasteiger partial charge in [0.1, 0.15) is 5.54 Å². The van der Waals surface area contributed by atoms with Crippen molar-refractivity contribution in [1.82, 2.24) is 10.2 Å². The summed E-state index contributed by atoms with van der Waals surface area (Å²) in [5.74, 6) is -0.937. The van der Waals surface area contributed by atoms with Crippen molar-refractivity contribution in [1.29, 1.82) is 0 Å². The quantitative estimate of drug-likeness (QED) is 0.790. The molecule has 1 heterocycles. The molecule has 2 N–H and O–H groups in total. The Labute approximate surface area is 113 Å². The molecule has 1 unspecified atom stereocenters. The second kappa shape index (κ2) is 4.67. The Bertz CT molecular complexity index is 390. The summed E-state index contributed by atoms with van der Waals surface area (Å²) in [5, 5.41) is 11.9. The van der Waals surface area contributed by atoms with Gasteiger partial charge in [0.2, 0.25) is 0 Å². The average molecular weight is 270 g/mol. The summed E-state index contributed by atoms with van der Waals surface area (Å²) in [6.45, 7) is 6.74. The number of carboxylic acids is 1. The highest BCUT2D eigenvalue weighted by atomic mass is 16.5. The summed E-state index contributed by atoms with van der Waals surface area (Å²) in [6.07, 6.45) is 1.82. The molecule has 6 heteroatoms. The molecule has 0 radical (unpaired) electrons. The van der Waals surface area contributed by atoms with Crippen molar-refractivity contribution < 1.29 is 19.4 Å². The molecule has 0 aromatic rings. The smallest absolute Gasteiger partial charge is 0.329 e. The Hall–Kier alpha value is -1.30. The van der Waals surface area contributed by atoms with Gasteiger partial charge in [-0.3, -0.25) is 0 Å². The number of urea groups is 1. The molecule has 0 spiro atoms. The van der Waals surface area contributed by atoms with E-state index in [1.165, 1.54) is 0 Å². The van der Waals surface area contributed by atoms with E-state index in [0.717, 1.165) is 6.42 Å². The first-order valence-corrected chi connectivity index (χ1v) is 6.72. The number of nitrogens with zero attached hydrogens (tertiary/aromatic N) is 1. The maximum absolute atomic E-state index is 12.2. The van der Waals surface area contributed by atoms with E-state index in [2.05, 4.69) is 5.32 Å². The van der Waals surface area contributed by atoms with Crippen LogP contribution in [0.4, 0.5) is 4.79 Å². The van der Waals surface area contributed by atoms with Crippen LogP contribution in [-0.4, -0.2) is 52.3 Å². The highest BCUT2D eigenvalue weighted by Gasteiger charge is 2.47. The third-order valence-electron chi connectivity index (χ3n) is 3.82. The Morgan fingerprint density at radius 1 is 1.37 bits per heavy atom. The number of rotatable bonds is 2. The number of amides is 2. The van der Waals surface area contributed by atoms with Crippen molar-refractivity contribution in [3.05, 3.63) is 0 Å². The van der Waals surface area contributed by atoms with E-state index in [0.29, 0.717) is 25.9 Å². The summed E-state index contributed by atoms with van der Waals surface area (Å²) in [4.78, 5) is 25.1. The number of morpholine rings is 1. The highest BCUT2D eigenvalue weighted by Crippen LogP contribution is 2.32. The standard InChI is InChI=1S/C13H22N2O4/c1-9-7-15(8-12(2,3)19-9)11(18)14-13(10(16)17)5-4-6-13/h9H,4-8H2,1-3H3,(H,14,18)(H,16,17). The molecule has 0 aromatic carbocycles. The van der Waals surface area contributed by atoms with E-state index in [1.54, 1.807) is 4.90 Å². The van der Waals surface area contributed by atoms with Gasteiger partial charge >= 0.3 is 12.0 Å². The topological polar surface area (TPSA) is 78.9 Å². The van der Waals surface area contributed by atoms with Crippen LogP contribution in [0.2, 0.25) is 0 Å². The Balaban J connectivity index is 2.02. The van der Waals surface area contributed by atoms with Crippen LogP contribution in [0, 0.1) is 0 Å². The lowest BCUT2D eigenvalue weighted by Gasteiger charge is -2.44. The number of hydrogen-bond acceptors (Lipinski definition) is 3. The van der Waals surface area contributed by atoms with Gasteiger partial charge in [-0.2, -0.15) is 0 Å². The molecule has 0 aromatic heterocycles. The normalized spacial score (nSPS) is 28.4. The van der Waals surface area contributed by atoms with E-state index < -0.39 is 17.1 Å². The molecule has 0 bridgehead atoms. The minimum absolute atomic E-state index is 0.0448. The second-order valence-corrected chi connectivity index (χ2v) is 6.24. The van der Waals surface area contributed by atoms with E-state index in [1.807, 2.05) is 20.8 Å². The number of carbonyl (C=O) groups is 2. The van der Waals surface area contributed by atoms with E-state index in [9.17, 15) is 14.7 Å². The summed E-state index contributed by atoms with van der Waals surface area (Å²) in [7, 11) is 0. The van der Waals surface area contributed by atoms with Crippen molar-refractivity contribution in [3.8, 4) is 0 Å². The monoisotopic (exact) mass is 270 g/mol. The molecule has 2 amide bonds. The average Bonchev–Trinajstić information content (AvgIpc) is 2.19. The fraction of sp³-hybridized carbons (Fsp3) is 0.846. The van der Waals surface area contributed by atoms with Gasteiger partial charge in [0.25, 0.3) is 0 Å². The first-order valence-electron chi connectivity index (χ1n) is 6.72. The molecular formula is C13H22N2O4. The van der Waals surface area contributed by atoms with Crippen molar-refractivity contribution in [2.75, 3.05) is 13.1 Å². The Kier molecular flexibility index (Phi) is 3.47. The van der Waals surface area contributed by atoms with Gasteiger partial charge in [-0.05, 0) is 40.0 Å². The molecule has 19 heavy (non-hydrogen) atoms. The van der Waals surface area contributed by atoms with Crippen LogP contribution in [0.5, 0.6) is 0 Å². The van der Waals surface area contributed by atoms with E-state index >= 15 is 0 Å². The number of carboxylic acid groups (broad SMARTS) is 1. The zero-order valence-electron chi connectivity index (χ0n) is 11.7. The lowest BCUT2D eigenvalue weighted by atomic mass is 9.77. The molecular weight excluding hydrogens is 248 g/mol. The summed E-state index contributed by atoms with van der Waals surface area (Å²) >= 11 is 0. The molecule has 2 fully saturated rings. The van der Waals surface area contributed by atoms with Crippen molar-refractivity contribution >= 4 is 12.0 Å². The number of carbonyl (C=O) groups excluding carboxylic acids is 1. The number of aliphatic carboxylic acids is 1. The van der Waals surface area contributed by atoms with E-state index in [-0.39, 0.29) is 12.1 Å². The van der Waals surface area contributed by atoms with Crippen LogP contribution in [-0.2, 0) is 9.53 Å². The fourth-order valence-corrected chi connectivity index (χ4v) is 2.81. The molecule has 2 rings (SSSR count). The van der Waals surface area contributed by atoms with Crippen LogP contribution in [0.25, 0.3) is 0 Å². The molecule has 2 aliphatic rings. The maximum atomic E-state index is 12.2. The SMILES string of the molecule is CC1CN(C(=O)NC2(C(=O)O)CCC2)CC(C)(C)O1. The number of nitrogens with one attached hydrogen (secondary N) is 1. The van der Waals surface area contributed by atoms with Gasteiger partial charge < -0.3 is 20.1 Å². The van der Waals surface area contributed by atoms with Crippen molar-refractivity contribution in [3.63, 3.8) is 0 Å². The van der Waals surface area contributed by atoms with Crippen LogP contribution in [0.3, 0.4) is 0 Å². The zero-order chi connectivity index (χ0) is 14.3. The first kappa shape index (κ1) is 14.1. The minimum atomic E-state index is -1.05. The van der Waals surface area contributed by atoms with Crippen LogP contribution < -0.4 is 5.32 Å². The van der Waals surface area contributed by atoms with Gasteiger partial charge in [-0.25, -0.2) is 9.59 Å². The summed E-state index contributed by atoms with van der Waals surface area (Å²) in [5.41, 5.74) is -1.45. The zero-order valence-corrected chi connectivity index (χ0v) is 11.7. The molecule has 1 saturated heterocycles. The number of hydrogen-bond donors (Lipinski definition) is 2. The molecule has 1 atom stereocenters. The lowest BCUT2D eigenvalue weighted by Crippen LogP contribution is -2.64. The van der Waals surface area contributed by atoms with Gasteiger partial charge in [-0.1, -0.05) is 0 Å². The summed E-state index contributed by atoms with van der Waals surface area (Å²) in [6, 6.07) is -0.301. The van der Waals surface area contributed by atoms with E-state index in [4.69, 9.17) is 4.74 Å². The third-order valence-corrected chi connectivity index (χ3v) is 3.82. The molecule has 6 nitrogen and oxygen atoms in total. The molecule has 1 saturated carbocycles. The van der Waals surface area contributed by atoms with Gasteiger partial charge in [0, 0.05) is 6.54 Å². The Morgan fingerprint density at radius 2 is 2.00 bits per heavy atom. The third kappa shape index (κ3) is 2.83. The molecule has 108 valence electrons. The van der Waals surface area contributed by atoms with Crippen LogP contribution >= 0.6 is 0 Å². The maximum Gasteiger partial charge on any atom is 0.329 e. The lowest BCUT2D eigenvalue weighted by molar-refractivity contribution is -0.148. The van der Waals surface area contributed by atoms with Crippen LogP contribution in [0.1, 0.15) is 40.0 Å². The van der Waals surface area contributed by atoms with Gasteiger partial charge in [-0.15, -0.1) is 0 Å². The Morgan fingerprint density at radius 3 is 2.42 bits per heavy atom. The van der Waals surface area contributed by atoms with Crippen LogP contribution in [0.15, 0.2) is 0 Å². The van der Waals surface area contributed by atoms with Gasteiger partial charge in [0.05, 0.1) is 18.2 Å². The molecule has 1 aliphatic heterocycles. The number of ether oxygens (including phenoxy) is 1. The molecule has 1 aliphatic carbocycles. The second-order valence-electron chi connectivity index (χ2n) is 6.24. The largest absolute Gasteiger partial charge is 0.480 e. The highest BCUT2D eigenvalue weighted by molar-refractivity contribution is 5.87. The van der Waals surface area contributed by atoms with Crippen molar-refractivity contribution in [2.45, 2.75) is 57.3 Å². The first-order chi connectivity index (χ1) is 8.74. The predicted molar refractivity (Wildman–Crippen MR) is 68.9 cm³/mol. The predicted octanol–water partition coefficient (Wildman–Crippen LogP) is 1.20. The van der Waals surface area contributed by atoms with Crippen molar-refractivity contribution in [2.24, 2.45) is 0 Å². The minimum Gasteiger partial charge on any atom is -0.480 e.